The largest absolute Gasteiger partial charge is 0.361 e. The summed E-state index contributed by atoms with van der Waals surface area (Å²) in [6.07, 6.45) is 1.14. The third-order valence-electron chi connectivity index (χ3n) is 3.53. The Hall–Kier alpha value is -1.62. The Labute approximate surface area is 133 Å². The molecule has 0 aliphatic carbocycles. The topological polar surface area (TPSA) is 55.1 Å². The molecule has 5 heteroatoms. The highest BCUT2D eigenvalue weighted by Crippen LogP contribution is 2.20. The van der Waals surface area contributed by atoms with Gasteiger partial charge in [0, 0.05) is 10.0 Å². The zero-order valence-corrected chi connectivity index (χ0v) is 14.0. The van der Waals surface area contributed by atoms with E-state index in [-0.39, 0.29) is 11.9 Å². The first-order chi connectivity index (χ1) is 10.0. The highest BCUT2D eigenvalue weighted by atomic mass is 79.9. The van der Waals surface area contributed by atoms with Crippen molar-refractivity contribution in [3.8, 4) is 0 Å². The van der Waals surface area contributed by atoms with Gasteiger partial charge in [0.05, 0.1) is 18.2 Å². The summed E-state index contributed by atoms with van der Waals surface area (Å²) in [4.78, 5) is 12.2. The van der Waals surface area contributed by atoms with Crippen LogP contribution in [0.25, 0.3) is 0 Å². The standard InChI is InChI=1S/C16H19BrN2O2/c1-4-15(12-5-7-13(17)8-6-12)18-16(20)9-14-10(2)19-21-11(14)3/h5-8,15H,4,9H2,1-3H3,(H,18,20)/t15-/m0/s1. The number of carbonyl (C=O) groups is 1. The Morgan fingerprint density at radius 1 is 1.33 bits per heavy atom. The van der Waals surface area contributed by atoms with Crippen LogP contribution < -0.4 is 5.32 Å². The maximum Gasteiger partial charge on any atom is 0.225 e. The lowest BCUT2D eigenvalue weighted by Crippen LogP contribution is -2.29. The highest BCUT2D eigenvalue weighted by molar-refractivity contribution is 9.10. The monoisotopic (exact) mass is 350 g/mol. The quantitative estimate of drug-likeness (QED) is 0.890. The van der Waals surface area contributed by atoms with Crippen molar-refractivity contribution in [1.29, 1.82) is 0 Å². The third-order valence-corrected chi connectivity index (χ3v) is 4.06. The number of carbonyl (C=O) groups excluding carboxylic acids is 1. The Morgan fingerprint density at radius 3 is 2.52 bits per heavy atom. The summed E-state index contributed by atoms with van der Waals surface area (Å²) in [5.41, 5.74) is 2.75. The Kier molecular flexibility index (Phi) is 5.17. The SMILES string of the molecule is CC[C@H](NC(=O)Cc1c(C)noc1C)c1ccc(Br)cc1. The van der Waals surface area contributed by atoms with Gasteiger partial charge in [-0.15, -0.1) is 0 Å². The maximum absolute atomic E-state index is 12.2. The Balaban J connectivity index is 2.05. The van der Waals surface area contributed by atoms with Crippen LogP contribution in [0.5, 0.6) is 0 Å². The molecule has 0 saturated heterocycles. The predicted octanol–water partition coefficient (Wildman–Crippen LogP) is 3.86. The lowest BCUT2D eigenvalue weighted by Gasteiger charge is -2.17. The third kappa shape index (κ3) is 3.94. The molecule has 0 aliphatic rings. The molecule has 2 aromatic rings. The molecule has 0 spiro atoms. The molecule has 112 valence electrons. The highest BCUT2D eigenvalue weighted by Gasteiger charge is 2.17. The zero-order chi connectivity index (χ0) is 15.4. The van der Waals surface area contributed by atoms with Crippen molar-refractivity contribution in [3.63, 3.8) is 0 Å². The van der Waals surface area contributed by atoms with E-state index in [0.717, 1.165) is 27.7 Å². The van der Waals surface area contributed by atoms with Gasteiger partial charge in [-0.3, -0.25) is 4.79 Å². The van der Waals surface area contributed by atoms with Crippen molar-refractivity contribution in [2.75, 3.05) is 0 Å². The van der Waals surface area contributed by atoms with Gasteiger partial charge >= 0.3 is 0 Å². The van der Waals surface area contributed by atoms with Crippen molar-refractivity contribution in [2.24, 2.45) is 0 Å². The van der Waals surface area contributed by atoms with Gasteiger partial charge in [-0.2, -0.15) is 0 Å². The van der Waals surface area contributed by atoms with Crippen LogP contribution in [0.15, 0.2) is 33.3 Å². The second-order valence-electron chi connectivity index (χ2n) is 5.06. The first-order valence-electron chi connectivity index (χ1n) is 6.97. The van der Waals surface area contributed by atoms with Crippen molar-refractivity contribution in [3.05, 3.63) is 51.3 Å². The first kappa shape index (κ1) is 15.8. The molecule has 1 amide bonds. The molecule has 0 aliphatic heterocycles. The summed E-state index contributed by atoms with van der Waals surface area (Å²) in [5.74, 6) is 0.693. The fraction of sp³-hybridized carbons (Fsp3) is 0.375. The van der Waals surface area contributed by atoms with Crippen LogP contribution in [0.1, 0.15) is 42.0 Å². The molecule has 1 aromatic carbocycles. The van der Waals surface area contributed by atoms with Gasteiger partial charge in [-0.05, 0) is 38.0 Å². The Bertz CT molecular complexity index is 600. The summed E-state index contributed by atoms with van der Waals surface area (Å²) < 4.78 is 6.12. The predicted molar refractivity (Wildman–Crippen MR) is 85.0 cm³/mol. The zero-order valence-electron chi connectivity index (χ0n) is 12.4. The van der Waals surface area contributed by atoms with Gasteiger partial charge in [0.2, 0.25) is 5.91 Å². The number of nitrogens with one attached hydrogen (secondary N) is 1. The number of halogens is 1. The number of benzene rings is 1. The van der Waals surface area contributed by atoms with Gasteiger partial charge in [0.15, 0.2) is 0 Å². The van der Waals surface area contributed by atoms with Crippen LogP contribution >= 0.6 is 15.9 Å². The van der Waals surface area contributed by atoms with E-state index in [2.05, 4.69) is 33.3 Å². The molecule has 0 unspecified atom stereocenters. The van der Waals surface area contributed by atoms with E-state index in [1.165, 1.54) is 0 Å². The minimum atomic E-state index is -0.0147. The van der Waals surface area contributed by atoms with E-state index in [0.29, 0.717) is 12.2 Å². The fourth-order valence-corrected chi connectivity index (χ4v) is 2.54. The van der Waals surface area contributed by atoms with Crippen LogP contribution in [-0.4, -0.2) is 11.1 Å². The molecule has 0 fully saturated rings. The van der Waals surface area contributed by atoms with Crippen LogP contribution in [-0.2, 0) is 11.2 Å². The van der Waals surface area contributed by atoms with Gasteiger partial charge in [-0.25, -0.2) is 0 Å². The molecule has 0 radical (unpaired) electrons. The molecular formula is C16H19BrN2O2. The van der Waals surface area contributed by atoms with E-state index < -0.39 is 0 Å². The molecule has 1 N–H and O–H groups in total. The average molecular weight is 351 g/mol. The van der Waals surface area contributed by atoms with Crippen molar-refractivity contribution >= 4 is 21.8 Å². The minimum absolute atomic E-state index is 0.0147. The van der Waals surface area contributed by atoms with Crippen molar-refractivity contribution in [2.45, 2.75) is 39.7 Å². The van der Waals surface area contributed by atoms with E-state index >= 15 is 0 Å². The smallest absolute Gasteiger partial charge is 0.225 e. The van der Waals surface area contributed by atoms with Crippen molar-refractivity contribution < 1.29 is 9.32 Å². The number of hydrogen-bond acceptors (Lipinski definition) is 3. The van der Waals surface area contributed by atoms with E-state index in [9.17, 15) is 4.79 Å². The molecule has 0 bridgehead atoms. The van der Waals surface area contributed by atoms with E-state index in [1.807, 2.05) is 38.1 Å². The summed E-state index contributed by atoms with van der Waals surface area (Å²) in [6, 6.07) is 8.03. The second-order valence-corrected chi connectivity index (χ2v) is 5.98. The fourth-order valence-electron chi connectivity index (χ4n) is 2.28. The minimum Gasteiger partial charge on any atom is -0.361 e. The molecule has 21 heavy (non-hydrogen) atoms. The van der Waals surface area contributed by atoms with E-state index in [4.69, 9.17) is 4.52 Å². The molecule has 0 saturated carbocycles. The number of amides is 1. The molecule has 1 heterocycles. The van der Waals surface area contributed by atoms with Crippen molar-refractivity contribution in [1.82, 2.24) is 10.5 Å². The first-order valence-corrected chi connectivity index (χ1v) is 7.77. The van der Waals surface area contributed by atoms with Crippen LogP contribution in [0.4, 0.5) is 0 Å². The number of hydrogen-bond donors (Lipinski definition) is 1. The number of aromatic nitrogens is 1. The molecular weight excluding hydrogens is 332 g/mol. The van der Waals surface area contributed by atoms with Gasteiger partial charge in [0.25, 0.3) is 0 Å². The number of nitrogens with zero attached hydrogens (tertiary/aromatic N) is 1. The number of aryl methyl sites for hydroxylation is 2. The molecule has 2 rings (SSSR count). The van der Waals surface area contributed by atoms with Crippen LogP contribution in [0.3, 0.4) is 0 Å². The van der Waals surface area contributed by atoms with Gasteiger partial charge < -0.3 is 9.84 Å². The van der Waals surface area contributed by atoms with Gasteiger partial charge in [-0.1, -0.05) is 40.1 Å². The molecule has 4 nitrogen and oxygen atoms in total. The summed E-state index contributed by atoms with van der Waals surface area (Å²) in [5, 5.41) is 6.95. The van der Waals surface area contributed by atoms with Crippen LogP contribution in [0, 0.1) is 13.8 Å². The van der Waals surface area contributed by atoms with Crippen LogP contribution in [0.2, 0.25) is 0 Å². The molecule has 1 aromatic heterocycles. The second kappa shape index (κ2) is 6.89. The summed E-state index contributed by atoms with van der Waals surface area (Å²) in [7, 11) is 0. The average Bonchev–Trinajstić information content (AvgIpc) is 2.78. The maximum atomic E-state index is 12.2. The summed E-state index contributed by atoms with van der Waals surface area (Å²) >= 11 is 3.42. The lowest BCUT2D eigenvalue weighted by molar-refractivity contribution is -0.121. The Morgan fingerprint density at radius 2 is 2.00 bits per heavy atom. The molecule has 1 atom stereocenters. The van der Waals surface area contributed by atoms with E-state index in [1.54, 1.807) is 0 Å². The van der Waals surface area contributed by atoms with Gasteiger partial charge in [0.1, 0.15) is 5.76 Å². The summed E-state index contributed by atoms with van der Waals surface area (Å²) in [6.45, 7) is 5.74. The normalized spacial score (nSPS) is 12.2. The number of rotatable bonds is 5. The lowest BCUT2D eigenvalue weighted by atomic mass is 10.0.